The molecule has 1 fully saturated rings. The van der Waals surface area contributed by atoms with E-state index in [0.717, 1.165) is 36.8 Å². The molecule has 0 spiro atoms. The van der Waals surface area contributed by atoms with Gasteiger partial charge in [0.25, 0.3) is 5.91 Å². The Bertz CT molecular complexity index is 921. The van der Waals surface area contributed by atoms with Crippen molar-refractivity contribution in [2.24, 2.45) is 5.73 Å². The summed E-state index contributed by atoms with van der Waals surface area (Å²) in [5.74, 6) is -0.186. The highest BCUT2D eigenvalue weighted by molar-refractivity contribution is 7.18. The molecule has 0 radical (unpaired) electrons. The number of nitrogens with two attached hydrogens (primary N) is 1. The summed E-state index contributed by atoms with van der Waals surface area (Å²) < 4.78 is 2.25. The number of carbonyl (C=O) groups is 1. The number of hydrogen-bond acceptors (Lipinski definition) is 5. The molecule has 130 valence electrons. The lowest BCUT2D eigenvalue weighted by molar-refractivity contribution is 0.0925. The molecule has 0 aliphatic heterocycles. The number of nitrogens with zero attached hydrogens (tertiary/aromatic N) is 3. The third-order valence-electron chi connectivity index (χ3n) is 4.51. The normalized spacial score (nSPS) is 20.7. The summed E-state index contributed by atoms with van der Waals surface area (Å²) >= 11 is 7.56. The molecule has 1 aliphatic carbocycles. The van der Waals surface area contributed by atoms with Gasteiger partial charge in [-0.15, -0.1) is 0 Å². The van der Waals surface area contributed by atoms with Crippen molar-refractivity contribution < 1.29 is 4.79 Å². The monoisotopic (exact) mass is 375 g/mol. The Kier molecular flexibility index (Phi) is 4.45. The number of halogens is 1. The second kappa shape index (κ2) is 6.74. The molecular weight excluding hydrogens is 358 g/mol. The van der Waals surface area contributed by atoms with E-state index in [2.05, 4.69) is 15.4 Å². The van der Waals surface area contributed by atoms with Crippen molar-refractivity contribution in [2.75, 3.05) is 0 Å². The molecule has 4 rings (SSSR count). The van der Waals surface area contributed by atoms with E-state index in [1.54, 1.807) is 10.7 Å². The van der Waals surface area contributed by atoms with Gasteiger partial charge < -0.3 is 11.1 Å². The van der Waals surface area contributed by atoms with Gasteiger partial charge in [-0.1, -0.05) is 29.0 Å². The van der Waals surface area contributed by atoms with Gasteiger partial charge in [0, 0.05) is 23.8 Å². The van der Waals surface area contributed by atoms with Gasteiger partial charge in [-0.3, -0.25) is 4.79 Å². The van der Waals surface area contributed by atoms with Gasteiger partial charge in [0.05, 0.1) is 11.7 Å². The maximum absolute atomic E-state index is 12.5. The first-order valence-electron chi connectivity index (χ1n) is 8.27. The number of carbonyl (C=O) groups excluding carboxylic acids is 1. The van der Waals surface area contributed by atoms with Gasteiger partial charge in [0.1, 0.15) is 10.0 Å². The average molecular weight is 376 g/mol. The van der Waals surface area contributed by atoms with E-state index in [0.29, 0.717) is 15.0 Å². The van der Waals surface area contributed by atoms with Crippen molar-refractivity contribution in [2.45, 2.75) is 37.8 Å². The summed E-state index contributed by atoms with van der Waals surface area (Å²) in [6, 6.07) is 6.05. The zero-order chi connectivity index (χ0) is 17.4. The van der Waals surface area contributed by atoms with Crippen LogP contribution in [0.3, 0.4) is 0 Å². The minimum Gasteiger partial charge on any atom is -0.347 e. The molecule has 25 heavy (non-hydrogen) atoms. The van der Waals surface area contributed by atoms with E-state index >= 15 is 0 Å². The fraction of sp³-hybridized carbons (Fsp3) is 0.353. The molecule has 2 atom stereocenters. The van der Waals surface area contributed by atoms with Crippen LogP contribution in [0.2, 0.25) is 4.34 Å². The first kappa shape index (κ1) is 16.5. The number of nitrogens with one attached hydrogen (secondary N) is 1. The molecule has 8 heteroatoms. The van der Waals surface area contributed by atoms with E-state index in [1.807, 2.05) is 24.4 Å². The summed E-state index contributed by atoms with van der Waals surface area (Å²) in [7, 11) is 0. The first-order valence-corrected chi connectivity index (χ1v) is 9.47. The predicted molar refractivity (Wildman–Crippen MR) is 99.0 cm³/mol. The summed E-state index contributed by atoms with van der Waals surface area (Å²) in [6.45, 7) is 0. The molecule has 1 saturated carbocycles. The summed E-state index contributed by atoms with van der Waals surface area (Å²) in [6.07, 6.45) is 7.41. The number of amides is 1. The van der Waals surface area contributed by atoms with Gasteiger partial charge in [0.2, 0.25) is 0 Å². The summed E-state index contributed by atoms with van der Waals surface area (Å²) in [5.41, 5.74) is 8.31. The number of fused-ring (bicyclic) bond motifs is 1. The zero-order valence-electron chi connectivity index (χ0n) is 13.5. The highest BCUT2D eigenvalue weighted by Gasteiger charge is 2.24. The molecule has 1 amide bonds. The Morgan fingerprint density at radius 2 is 2.28 bits per heavy atom. The van der Waals surface area contributed by atoms with Crippen molar-refractivity contribution in [1.82, 2.24) is 19.9 Å². The maximum Gasteiger partial charge on any atom is 0.280 e. The highest BCUT2D eigenvalue weighted by Crippen LogP contribution is 2.34. The molecule has 0 aromatic carbocycles. The lowest BCUT2D eigenvalue weighted by Crippen LogP contribution is -2.42. The molecular formula is C17H18ClN5OS. The molecule has 1 aliphatic rings. The van der Waals surface area contributed by atoms with E-state index in [9.17, 15) is 4.79 Å². The van der Waals surface area contributed by atoms with Crippen LogP contribution >= 0.6 is 22.9 Å². The number of hydrogen-bond donors (Lipinski definition) is 2. The Morgan fingerprint density at radius 1 is 1.40 bits per heavy atom. The van der Waals surface area contributed by atoms with E-state index in [1.165, 1.54) is 11.3 Å². The van der Waals surface area contributed by atoms with E-state index in [4.69, 9.17) is 17.3 Å². The van der Waals surface area contributed by atoms with E-state index < -0.39 is 0 Å². The number of pyridine rings is 1. The van der Waals surface area contributed by atoms with Crippen LogP contribution in [0.25, 0.3) is 16.8 Å². The fourth-order valence-corrected chi connectivity index (χ4v) is 4.36. The molecule has 0 saturated heterocycles. The largest absolute Gasteiger partial charge is 0.347 e. The Labute approximate surface area is 154 Å². The average Bonchev–Trinajstić information content (AvgIpc) is 3.18. The van der Waals surface area contributed by atoms with Crippen molar-refractivity contribution in [3.8, 4) is 11.3 Å². The van der Waals surface area contributed by atoms with Gasteiger partial charge in [-0.05, 0) is 37.8 Å². The van der Waals surface area contributed by atoms with Crippen LogP contribution in [-0.2, 0) is 0 Å². The second-order valence-electron chi connectivity index (χ2n) is 6.33. The molecule has 3 N–H and O–H groups in total. The quantitative estimate of drug-likeness (QED) is 0.736. The van der Waals surface area contributed by atoms with Crippen molar-refractivity contribution in [3.05, 3.63) is 39.9 Å². The Morgan fingerprint density at radius 3 is 3.12 bits per heavy atom. The topological polar surface area (TPSA) is 85.3 Å². The zero-order valence-corrected chi connectivity index (χ0v) is 15.1. The van der Waals surface area contributed by atoms with E-state index in [-0.39, 0.29) is 18.0 Å². The molecule has 0 bridgehead atoms. The summed E-state index contributed by atoms with van der Waals surface area (Å²) in [4.78, 5) is 17.0. The first-order chi connectivity index (χ1) is 12.1. The number of aromatic nitrogens is 3. The van der Waals surface area contributed by atoms with Crippen molar-refractivity contribution in [3.63, 3.8) is 0 Å². The van der Waals surface area contributed by atoms with Crippen LogP contribution in [0.15, 0.2) is 30.6 Å². The van der Waals surface area contributed by atoms with Crippen molar-refractivity contribution >= 4 is 34.4 Å². The highest BCUT2D eigenvalue weighted by atomic mass is 35.5. The minimum absolute atomic E-state index is 0.111. The molecule has 3 heterocycles. The minimum atomic E-state index is -0.186. The van der Waals surface area contributed by atoms with Crippen LogP contribution < -0.4 is 11.1 Å². The number of rotatable bonds is 3. The van der Waals surface area contributed by atoms with Crippen LogP contribution in [0.4, 0.5) is 0 Å². The van der Waals surface area contributed by atoms with Crippen LogP contribution in [0.5, 0.6) is 0 Å². The lowest BCUT2D eigenvalue weighted by Gasteiger charge is -2.26. The van der Waals surface area contributed by atoms with Gasteiger partial charge in [-0.25, -0.2) is 9.50 Å². The summed E-state index contributed by atoms with van der Waals surface area (Å²) in [5, 5.41) is 7.71. The van der Waals surface area contributed by atoms with Gasteiger partial charge in [-0.2, -0.15) is 5.10 Å². The predicted octanol–water partition coefficient (Wildman–Crippen LogP) is 3.11. The second-order valence-corrected chi connectivity index (χ2v) is 7.93. The van der Waals surface area contributed by atoms with Gasteiger partial charge in [0.15, 0.2) is 5.01 Å². The van der Waals surface area contributed by atoms with Crippen LogP contribution in [0, 0.1) is 0 Å². The van der Waals surface area contributed by atoms with Crippen LogP contribution in [-0.4, -0.2) is 32.6 Å². The molecule has 3 aromatic heterocycles. The maximum atomic E-state index is 12.5. The smallest absolute Gasteiger partial charge is 0.280 e. The van der Waals surface area contributed by atoms with Crippen molar-refractivity contribution in [1.29, 1.82) is 0 Å². The standard InChI is InChI=1S/C17H18ClN5OS/c18-15-14(12-9-20-23-7-2-1-6-13(12)23)22-17(25-15)16(24)21-11-5-3-4-10(19)8-11/h1-2,6-7,9-11H,3-5,8,19H2,(H,21,24). The molecule has 2 unspecified atom stereocenters. The SMILES string of the molecule is NC1CCCC(NC(=O)c2nc(-c3cnn4ccccc34)c(Cl)s2)C1. The Hall–Kier alpha value is -1.96. The van der Waals surface area contributed by atoms with Crippen LogP contribution in [0.1, 0.15) is 35.5 Å². The third-order valence-corrected chi connectivity index (χ3v) is 5.76. The molecule has 3 aromatic rings. The Balaban J connectivity index is 1.58. The molecule has 6 nitrogen and oxygen atoms in total. The van der Waals surface area contributed by atoms with Gasteiger partial charge >= 0.3 is 0 Å². The fourth-order valence-electron chi connectivity index (χ4n) is 3.29. The lowest BCUT2D eigenvalue weighted by atomic mass is 9.92. The number of thiazole rings is 1. The third kappa shape index (κ3) is 3.27.